The van der Waals surface area contributed by atoms with Gasteiger partial charge in [0.15, 0.2) is 0 Å². The minimum atomic E-state index is -0.443. The zero-order valence-corrected chi connectivity index (χ0v) is 11.7. The topological polar surface area (TPSA) is 35.8 Å². The SMILES string of the molecule is N#CC(NCc1ccccc1)c1cc(Cl)sc1Cl. The molecule has 0 saturated carbocycles. The van der Waals surface area contributed by atoms with E-state index in [4.69, 9.17) is 23.2 Å². The van der Waals surface area contributed by atoms with Crippen LogP contribution < -0.4 is 5.32 Å². The van der Waals surface area contributed by atoms with E-state index in [0.29, 0.717) is 15.2 Å². The van der Waals surface area contributed by atoms with Crippen molar-refractivity contribution in [1.29, 1.82) is 5.26 Å². The van der Waals surface area contributed by atoms with Gasteiger partial charge in [0.05, 0.1) is 10.4 Å². The lowest BCUT2D eigenvalue weighted by Gasteiger charge is -2.10. The van der Waals surface area contributed by atoms with Crippen LogP contribution in [0.3, 0.4) is 0 Å². The first-order chi connectivity index (χ1) is 8.70. The number of hydrogen-bond donors (Lipinski definition) is 1. The van der Waals surface area contributed by atoms with Crippen molar-refractivity contribution in [1.82, 2.24) is 5.32 Å². The van der Waals surface area contributed by atoms with E-state index in [-0.39, 0.29) is 0 Å². The highest BCUT2D eigenvalue weighted by Gasteiger charge is 2.16. The standard InChI is InChI=1S/C13H10Cl2N2S/c14-12-6-10(13(15)18-12)11(7-16)17-8-9-4-2-1-3-5-9/h1-6,11,17H,8H2. The quantitative estimate of drug-likeness (QED) is 0.907. The second kappa shape index (κ2) is 6.21. The van der Waals surface area contributed by atoms with Gasteiger partial charge >= 0.3 is 0 Å². The average molecular weight is 297 g/mol. The van der Waals surface area contributed by atoms with Crippen molar-refractivity contribution in [3.8, 4) is 6.07 Å². The van der Waals surface area contributed by atoms with Crippen molar-refractivity contribution >= 4 is 34.5 Å². The number of nitrogens with zero attached hydrogens (tertiary/aromatic N) is 1. The second-order valence-electron chi connectivity index (χ2n) is 3.71. The Morgan fingerprint density at radius 3 is 2.56 bits per heavy atom. The van der Waals surface area contributed by atoms with Gasteiger partial charge in [-0.3, -0.25) is 5.32 Å². The summed E-state index contributed by atoms with van der Waals surface area (Å²) >= 11 is 13.2. The summed E-state index contributed by atoms with van der Waals surface area (Å²) in [5.41, 5.74) is 1.86. The Bertz CT molecular complexity index is 560. The lowest BCUT2D eigenvalue weighted by atomic mass is 10.1. The molecule has 1 N–H and O–H groups in total. The van der Waals surface area contributed by atoms with Gasteiger partial charge in [-0.05, 0) is 11.6 Å². The molecule has 1 aromatic carbocycles. The van der Waals surface area contributed by atoms with Gasteiger partial charge in [0.1, 0.15) is 10.4 Å². The Morgan fingerprint density at radius 1 is 1.28 bits per heavy atom. The van der Waals surface area contributed by atoms with Crippen LogP contribution in [0.15, 0.2) is 36.4 Å². The molecule has 18 heavy (non-hydrogen) atoms. The summed E-state index contributed by atoms with van der Waals surface area (Å²) in [5, 5.41) is 12.3. The van der Waals surface area contributed by atoms with Crippen molar-refractivity contribution in [2.75, 3.05) is 0 Å². The zero-order chi connectivity index (χ0) is 13.0. The summed E-state index contributed by atoms with van der Waals surface area (Å²) in [6, 6.07) is 13.4. The van der Waals surface area contributed by atoms with E-state index < -0.39 is 6.04 Å². The molecule has 2 aromatic rings. The molecule has 0 aliphatic rings. The molecule has 0 saturated heterocycles. The first-order valence-corrected chi connectivity index (χ1v) is 6.89. The van der Waals surface area contributed by atoms with E-state index in [0.717, 1.165) is 11.1 Å². The molecule has 1 heterocycles. The van der Waals surface area contributed by atoms with Crippen LogP contribution >= 0.6 is 34.5 Å². The van der Waals surface area contributed by atoms with Crippen molar-refractivity contribution in [2.24, 2.45) is 0 Å². The summed E-state index contributed by atoms with van der Waals surface area (Å²) in [6.45, 7) is 0.614. The molecule has 92 valence electrons. The highest BCUT2D eigenvalue weighted by Crippen LogP contribution is 2.34. The minimum absolute atomic E-state index is 0.443. The molecular weight excluding hydrogens is 287 g/mol. The Morgan fingerprint density at radius 2 is 2.00 bits per heavy atom. The molecule has 0 radical (unpaired) electrons. The highest BCUT2D eigenvalue weighted by molar-refractivity contribution is 7.20. The molecule has 0 aliphatic carbocycles. The molecule has 1 atom stereocenters. The van der Waals surface area contributed by atoms with Gasteiger partial charge in [-0.25, -0.2) is 0 Å². The third-order valence-corrected chi connectivity index (χ3v) is 3.99. The van der Waals surface area contributed by atoms with Gasteiger partial charge in [-0.1, -0.05) is 53.5 Å². The number of halogens is 2. The van der Waals surface area contributed by atoms with Crippen LogP contribution in [0.5, 0.6) is 0 Å². The van der Waals surface area contributed by atoms with Gasteiger partial charge in [-0.15, -0.1) is 11.3 Å². The lowest BCUT2D eigenvalue weighted by Crippen LogP contribution is -2.19. The van der Waals surface area contributed by atoms with Crippen LogP contribution in [0.25, 0.3) is 0 Å². The van der Waals surface area contributed by atoms with Gasteiger partial charge in [0, 0.05) is 12.1 Å². The maximum absolute atomic E-state index is 9.18. The van der Waals surface area contributed by atoms with Crippen LogP contribution in [0, 0.1) is 11.3 Å². The summed E-state index contributed by atoms with van der Waals surface area (Å²) in [7, 11) is 0. The summed E-state index contributed by atoms with van der Waals surface area (Å²) < 4.78 is 1.16. The number of nitriles is 1. The Labute approximate surface area is 120 Å². The molecule has 0 bridgehead atoms. The summed E-state index contributed by atoms with van der Waals surface area (Å²) in [6.07, 6.45) is 0. The Hall–Kier alpha value is -1.05. The van der Waals surface area contributed by atoms with Gasteiger partial charge < -0.3 is 0 Å². The molecule has 5 heteroatoms. The monoisotopic (exact) mass is 296 g/mol. The zero-order valence-electron chi connectivity index (χ0n) is 9.36. The molecule has 0 fully saturated rings. The fourth-order valence-corrected chi connectivity index (χ4v) is 3.12. The predicted molar refractivity (Wildman–Crippen MR) is 76.0 cm³/mol. The van der Waals surface area contributed by atoms with Crippen LogP contribution in [0.2, 0.25) is 8.67 Å². The maximum Gasteiger partial charge on any atom is 0.123 e. The van der Waals surface area contributed by atoms with E-state index in [1.165, 1.54) is 11.3 Å². The maximum atomic E-state index is 9.18. The third-order valence-electron chi connectivity index (χ3n) is 2.48. The van der Waals surface area contributed by atoms with Crippen LogP contribution in [0.1, 0.15) is 17.2 Å². The number of hydrogen-bond acceptors (Lipinski definition) is 3. The predicted octanol–water partition coefficient (Wildman–Crippen LogP) is 4.41. The van der Waals surface area contributed by atoms with E-state index in [1.54, 1.807) is 6.07 Å². The molecule has 0 spiro atoms. The van der Waals surface area contributed by atoms with Gasteiger partial charge in [-0.2, -0.15) is 5.26 Å². The molecule has 2 rings (SSSR count). The lowest BCUT2D eigenvalue weighted by molar-refractivity contribution is 0.632. The Balaban J connectivity index is 2.07. The largest absolute Gasteiger partial charge is 0.294 e. The van der Waals surface area contributed by atoms with E-state index in [1.807, 2.05) is 30.3 Å². The smallest absolute Gasteiger partial charge is 0.123 e. The number of thiophene rings is 1. The van der Waals surface area contributed by atoms with E-state index in [9.17, 15) is 5.26 Å². The first-order valence-electron chi connectivity index (χ1n) is 5.32. The second-order valence-corrected chi connectivity index (χ2v) is 5.99. The molecule has 1 unspecified atom stereocenters. The van der Waals surface area contributed by atoms with Crippen molar-refractivity contribution < 1.29 is 0 Å². The average Bonchev–Trinajstić information content (AvgIpc) is 2.71. The number of nitrogens with one attached hydrogen (secondary N) is 1. The van der Waals surface area contributed by atoms with E-state index in [2.05, 4.69) is 11.4 Å². The molecule has 0 aliphatic heterocycles. The molecule has 0 amide bonds. The summed E-state index contributed by atoms with van der Waals surface area (Å²) in [4.78, 5) is 0. The number of benzene rings is 1. The van der Waals surface area contributed by atoms with Crippen molar-refractivity contribution in [2.45, 2.75) is 12.6 Å². The normalized spacial score (nSPS) is 12.1. The van der Waals surface area contributed by atoms with Crippen LogP contribution in [-0.2, 0) is 6.54 Å². The van der Waals surface area contributed by atoms with E-state index >= 15 is 0 Å². The highest BCUT2D eigenvalue weighted by atomic mass is 35.5. The first kappa shape index (κ1) is 13.4. The number of rotatable bonds is 4. The Kier molecular flexibility index (Phi) is 4.62. The van der Waals surface area contributed by atoms with Gasteiger partial charge in [0.25, 0.3) is 0 Å². The third kappa shape index (κ3) is 3.24. The molecule has 1 aromatic heterocycles. The van der Waals surface area contributed by atoms with Crippen molar-refractivity contribution in [3.63, 3.8) is 0 Å². The minimum Gasteiger partial charge on any atom is -0.294 e. The fourth-order valence-electron chi connectivity index (χ4n) is 1.59. The van der Waals surface area contributed by atoms with Crippen LogP contribution in [0.4, 0.5) is 0 Å². The molecule has 2 nitrogen and oxygen atoms in total. The molecular formula is C13H10Cl2N2S. The fraction of sp³-hybridized carbons (Fsp3) is 0.154. The van der Waals surface area contributed by atoms with Crippen molar-refractivity contribution in [3.05, 3.63) is 56.2 Å². The van der Waals surface area contributed by atoms with Crippen LogP contribution in [-0.4, -0.2) is 0 Å². The van der Waals surface area contributed by atoms with Gasteiger partial charge in [0.2, 0.25) is 0 Å². The summed E-state index contributed by atoms with van der Waals surface area (Å²) in [5.74, 6) is 0.